The molecule has 1 unspecified atom stereocenters. The molecule has 2 rings (SSSR count). The number of rotatable bonds is 4. The minimum atomic E-state index is -0.0556. The molecule has 1 aromatic heterocycles. The van der Waals surface area contributed by atoms with Crippen LogP contribution in [0.4, 0.5) is 0 Å². The first-order valence-electron chi connectivity index (χ1n) is 5.72. The number of nitrogens with one attached hydrogen (secondary N) is 1. The lowest BCUT2D eigenvalue weighted by molar-refractivity contribution is 0.581. The van der Waals surface area contributed by atoms with Crippen LogP contribution in [0.2, 0.25) is 10.0 Å². The number of halogens is 2. The van der Waals surface area contributed by atoms with Gasteiger partial charge < -0.3 is 10.7 Å². The summed E-state index contributed by atoms with van der Waals surface area (Å²) in [5, 5.41) is 1.04. The Bertz CT molecular complexity index is 483. The Morgan fingerprint density at radius 2 is 2.06 bits per heavy atom. The van der Waals surface area contributed by atoms with Gasteiger partial charge in [0.05, 0.1) is 27.1 Å². The Morgan fingerprint density at radius 3 is 2.76 bits per heavy atom. The second-order valence-electron chi connectivity index (χ2n) is 4.15. The predicted octanol–water partition coefficient (Wildman–Crippen LogP) is 4.06. The van der Waals surface area contributed by atoms with Gasteiger partial charge in [-0.3, -0.25) is 0 Å². The lowest BCUT2D eigenvalue weighted by atomic mass is 10.1. The quantitative estimate of drug-likeness (QED) is 0.881. The van der Waals surface area contributed by atoms with Crippen molar-refractivity contribution >= 4 is 34.2 Å². The third kappa shape index (κ3) is 2.73. The average Bonchev–Trinajstić information content (AvgIpc) is 2.69. The minimum absolute atomic E-state index is 0.0556. The first kappa shape index (κ1) is 12.7. The number of H-pyrrole nitrogens is 1. The Balaban J connectivity index is 2.31. The molecule has 0 aliphatic carbocycles. The van der Waals surface area contributed by atoms with E-state index in [4.69, 9.17) is 28.9 Å². The number of fused-ring (bicyclic) bond motifs is 1. The molecule has 0 aliphatic heterocycles. The van der Waals surface area contributed by atoms with Crippen molar-refractivity contribution in [2.45, 2.75) is 32.2 Å². The van der Waals surface area contributed by atoms with Crippen molar-refractivity contribution in [2.75, 3.05) is 0 Å². The second kappa shape index (κ2) is 5.25. The number of aromatic nitrogens is 2. The van der Waals surface area contributed by atoms with E-state index in [-0.39, 0.29) is 6.04 Å². The van der Waals surface area contributed by atoms with Gasteiger partial charge in [-0.15, -0.1) is 0 Å². The van der Waals surface area contributed by atoms with E-state index in [1.165, 1.54) is 0 Å². The summed E-state index contributed by atoms with van der Waals surface area (Å²) in [6, 6.07) is 3.48. The fraction of sp³-hybridized carbons (Fsp3) is 0.417. The molecule has 3 N–H and O–H groups in total. The molecule has 5 heteroatoms. The first-order chi connectivity index (χ1) is 8.11. The molecule has 0 amide bonds. The topological polar surface area (TPSA) is 54.7 Å². The van der Waals surface area contributed by atoms with E-state index in [2.05, 4.69) is 16.9 Å². The number of benzene rings is 1. The van der Waals surface area contributed by atoms with Gasteiger partial charge >= 0.3 is 0 Å². The Hall–Kier alpha value is -0.770. The van der Waals surface area contributed by atoms with Gasteiger partial charge in [-0.25, -0.2) is 4.98 Å². The fourth-order valence-corrected chi connectivity index (χ4v) is 2.08. The Kier molecular flexibility index (Phi) is 3.92. The van der Waals surface area contributed by atoms with Gasteiger partial charge in [0.15, 0.2) is 0 Å². The van der Waals surface area contributed by atoms with Gasteiger partial charge in [0.1, 0.15) is 5.82 Å². The summed E-state index contributed by atoms with van der Waals surface area (Å²) in [5.74, 6) is 0.798. The average molecular weight is 272 g/mol. The van der Waals surface area contributed by atoms with Crippen molar-refractivity contribution in [1.29, 1.82) is 0 Å². The molecular formula is C12H15Cl2N3. The normalized spacial score (nSPS) is 13.2. The van der Waals surface area contributed by atoms with Crippen molar-refractivity contribution in [3.63, 3.8) is 0 Å². The molecule has 2 aromatic rings. The van der Waals surface area contributed by atoms with E-state index in [0.717, 1.165) is 36.1 Å². The molecule has 3 nitrogen and oxygen atoms in total. The Morgan fingerprint density at radius 1 is 1.35 bits per heavy atom. The summed E-state index contributed by atoms with van der Waals surface area (Å²) in [5.41, 5.74) is 7.74. The predicted molar refractivity (Wildman–Crippen MR) is 72.6 cm³/mol. The van der Waals surface area contributed by atoms with Crippen LogP contribution in [-0.2, 0) is 0 Å². The van der Waals surface area contributed by atoms with Gasteiger partial charge in [0, 0.05) is 0 Å². The molecule has 92 valence electrons. The summed E-state index contributed by atoms with van der Waals surface area (Å²) in [6.45, 7) is 2.14. The zero-order valence-corrected chi connectivity index (χ0v) is 11.1. The molecule has 0 saturated heterocycles. The molecule has 1 atom stereocenters. The number of aromatic amines is 1. The highest BCUT2D eigenvalue weighted by atomic mass is 35.5. The third-order valence-electron chi connectivity index (χ3n) is 2.76. The highest BCUT2D eigenvalue weighted by molar-refractivity contribution is 6.42. The van der Waals surface area contributed by atoms with E-state index in [9.17, 15) is 0 Å². The summed E-state index contributed by atoms with van der Waals surface area (Å²) < 4.78 is 0. The van der Waals surface area contributed by atoms with Crippen LogP contribution in [0, 0.1) is 0 Å². The number of hydrogen-bond donors (Lipinski definition) is 2. The monoisotopic (exact) mass is 271 g/mol. The van der Waals surface area contributed by atoms with Gasteiger partial charge in [-0.05, 0) is 18.6 Å². The van der Waals surface area contributed by atoms with Gasteiger partial charge in [-0.2, -0.15) is 0 Å². The largest absolute Gasteiger partial charge is 0.341 e. The Labute approximate surface area is 110 Å². The zero-order chi connectivity index (χ0) is 12.4. The lowest BCUT2D eigenvalue weighted by Gasteiger charge is -2.06. The summed E-state index contributed by atoms with van der Waals surface area (Å²) in [4.78, 5) is 7.64. The molecule has 1 aromatic carbocycles. The molecule has 0 bridgehead atoms. The second-order valence-corrected chi connectivity index (χ2v) is 4.97. The molecule has 0 fully saturated rings. The van der Waals surface area contributed by atoms with Crippen molar-refractivity contribution in [1.82, 2.24) is 9.97 Å². The lowest BCUT2D eigenvalue weighted by Crippen LogP contribution is -2.11. The van der Waals surface area contributed by atoms with Crippen molar-refractivity contribution in [2.24, 2.45) is 5.73 Å². The van der Waals surface area contributed by atoms with Crippen molar-refractivity contribution < 1.29 is 0 Å². The van der Waals surface area contributed by atoms with Gasteiger partial charge in [0.25, 0.3) is 0 Å². The van der Waals surface area contributed by atoms with Crippen LogP contribution in [0.25, 0.3) is 11.0 Å². The molecule has 0 spiro atoms. The molecular weight excluding hydrogens is 257 g/mol. The molecule has 0 radical (unpaired) electrons. The van der Waals surface area contributed by atoms with Crippen molar-refractivity contribution in [3.8, 4) is 0 Å². The van der Waals surface area contributed by atoms with E-state index in [1.54, 1.807) is 12.1 Å². The molecule has 1 heterocycles. The number of nitrogens with zero attached hydrogens (tertiary/aromatic N) is 1. The first-order valence-corrected chi connectivity index (χ1v) is 6.47. The van der Waals surface area contributed by atoms with Crippen LogP contribution >= 0.6 is 23.2 Å². The molecule has 0 saturated carbocycles. The number of imidazole rings is 1. The fourth-order valence-electron chi connectivity index (χ4n) is 1.76. The maximum atomic E-state index is 6.06. The standard InChI is InChI=1S/C12H15Cl2N3/c1-2-3-4-9(15)12-16-10-5-7(13)8(14)6-11(10)17-12/h5-6,9H,2-4,15H2,1H3,(H,16,17). The number of hydrogen-bond acceptors (Lipinski definition) is 2. The SMILES string of the molecule is CCCCC(N)c1nc2cc(Cl)c(Cl)cc2[nH]1. The zero-order valence-electron chi connectivity index (χ0n) is 9.63. The van der Waals surface area contributed by atoms with E-state index >= 15 is 0 Å². The van der Waals surface area contributed by atoms with Crippen molar-refractivity contribution in [3.05, 3.63) is 28.0 Å². The number of nitrogens with two attached hydrogens (primary N) is 1. The van der Waals surface area contributed by atoms with Gasteiger partial charge in [-0.1, -0.05) is 43.0 Å². The summed E-state index contributed by atoms with van der Waals surface area (Å²) >= 11 is 11.9. The van der Waals surface area contributed by atoms with E-state index < -0.39 is 0 Å². The maximum absolute atomic E-state index is 6.06. The molecule has 0 aliphatic rings. The van der Waals surface area contributed by atoms with E-state index in [0.29, 0.717) is 10.0 Å². The minimum Gasteiger partial charge on any atom is -0.341 e. The van der Waals surface area contributed by atoms with Crippen LogP contribution < -0.4 is 5.73 Å². The van der Waals surface area contributed by atoms with Crippen LogP contribution in [0.1, 0.15) is 38.1 Å². The van der Waals surface area contributed by atoms with Crippen LogP contribution in [0.15, 0.2) is 12.1 Å². The maximum Gasteiger partial charge on any atom is 0.124 e. The smallest absolute Gasteiger partial charge is 0.124 e. The molecule has 17 heavy (non-hydrogen) atoms. The van der Waals surface area contributed by atoms with E-state index in [1.807, 2.05) is 0 Å². The number of unbranched alkanes of at least 4 members (excludes halogenated alkanes) is 1. The highest BCUT2D eigenvalue weighted by Gasteiger charge is 2.12. The highest BCUT2D eigenvalue weighted by Crippen LogP contribution is 2.27. The summed E-state index contributed by atoms with van der Waals surface area (Å²) in [7, 11) is 0. The van der Waals surface area contributed by atoms with Crippen LogP contribution in [0.3, 0.4) is 0 Å². The van der Waals surface area contributed by atoms with Crippen LogP contribution in [0.5, 0.6) is 0 Å². The van der Waals surface area contributed by atoms with Gasteiger partial charge in [0.2, 0.25) is 0 Å². The van der Waals surface area contributed by atoms with Crippen LogP contribution in [-0.4, -0.2) is 9.97 Å². The summed E-state index contributed by atoms with van der Waals surface area (Å²) in [6.07, 6.45) is 3.16. The third-order valence-corrected chi connectivity index (χ3v) is 3.48.